The van der Waals surface area contributed by atoms with Crippen LogP contribution < -0.4 is 0 Å². The lowest BCUT2D eigenvalue weighted by Crippen LogP contribution is -2.35. The van der Waals surface area contributed by atoms with Gasteiger partial charge >= 0.3 is 0 Å². The Hall–Kier alpha value is -0.800. The number of aryl methyl sites for hydroxylation is 1. The van der Waals surface area contributed by atoms with Gasteiger partial charge in [-0.05, 0) is 18.6 Å². The Morgan fingerprint density at radius 2 is 1.88 bits per heavy atom. The molecule has 0 radical (unpaired) electrons. The van der Waals surface area contributed by atoms with Gasteiger partial charge in [0, 0.05) is 24.8 Å². The molecule has 5 heteroatoms. The van der Waals surface area contributed by atoms with Gasteiger partial charge in [0.2, 0.25) is 0 Å². The number of alkyl halides is 2. The molecular weight excluding hydrogens is 264 g/mol. The first kappa shape index (κ1) is 14.3. The summed E-state index contributed by atoms with van der Waals surface area (Å²) in [7, 11) is 0. The van der Waals surface area contributed by atoms with Crippen molar-refractivity contribution in [2.75, 3.05) is 24.8 Å². The summed E-state index contributed by atoms with van der Waals surface area (Å²) in [4.78, 5) is 13.5. The highest BCUT2D eigenvalue weighted by Crippen LogP contribution is 2.14. The molecule has 0 saturated carbocycles. The average Bonchev–Trinajstić information content (AvgIpc) is 2.31. The van der Waals surface area contributed by atoms with E-state index in [2.05, 4.69) is 0 Å². The number of benzene rings is 1. The summed E-state index contributed by atoms with van der Waals surface area (Å²) in [5.41, 5.74) is 0.521. The van der Waals surface area contributed by atoms with Gasteiger partial charge in [-0.25, -0.2) is 4.39 Å². The number of halogens is 3. The van der Waals surface area contributed by atoms with Gasteiger partial charge in [0.15, 0.2) is 0 Å². The lowest BCUT2D eigenvalue weighted by atomic mass is 10.1. The van der Waals surface area contributed by atoms with Crippen molar-refractivity contribution >= 4 is 29.1 Å². The second-order valence-corrected chi connectivity index (χ2v) is 4.36. The third-order valence-corrected chi connectivity index (χ3v) is 2.76. The van der Waals surface area contributed by atoms with E-state index in [4.69, 9.17) is 23.2 Å². The third kappa shape index (κ3) is 3.58. The lowest BCUT2D eigenvalue weighted by molar-refractivity contribution is 0.0770. The van der Waals surface area contributed by atoms with E-state index >= 15 is 0 Å². The molecule has 0 aromatic heterocycles. The van der Waals surface area contributed by atoms with Crippen molar-refractivity contribution in [1.82, 2.24) is 4.90 Å². The van der Waals surface area contributed by atoms with Gasteiger partial charge in [0.05, 0.1) is 5.56 Å². The van der Waals surface area contributed by atoms with Gasteiger partial charge in [-0.2, -0.15) is 0 Å². The van der Waals surface area contributed by atoms with Crippen LogP contribution in [0.3, 0.4) is 0 Å². The number of rotatable bonds is 5. The maximum Gasteiger partial charge on any atom is 0.256 e. The van der Waals surface area contributed by atoms with Gasteiger partial charge in [-0.3, -0.25) is 4.79 Å². The summed E-state index contributed by atoms with van der Waals surface area (Å²) >= 11 is 11.2. The van der Waals surface area contributed by atoms with Crippen LogP contribution in [0.2, 0.25) is 0 Å². The smallest absolute Gasteiger partial charge is 0.256 e. The second-order valence-electron chi connectivity index (χ2n) is 3.61. The van der Waals surface area contributed by atoms with Crippen LogP contribution in [-0.2, 0) is 0 Å². The molecule has 0 unspecified atom stereocenters. The molecule has 0 saturated heterocycles. The molecule has 1 aromatic carbocycles. The fourth-order valence-corrected chi connectivity index (χ4v) is 1.91. The maximum absolute atomic E-state index is 13.8. The number of hydrogen-bond donors (Lipinski definition) is 0. The average molecular weight is 278 g/mol. The minimum Gasteiger partial charge on any atom is -0.336 e. The first-order chi connectivity index (χ1) is 8.11. The normalized spacial score (nSPS) is 10.4. The molecule has 1 aromatic rings. The zero-order chi connectivity index (χ0) is 12.8. The minimum absolute atomic E-state index is 0.0697. The van der Waals surface area contributed by atoms with Crippen molar-refractivity contribution in [3.63, 3.8) is 0 Å². The maximum atomic E-state index is 13.8. The zero-order valence-electron chi connectivity index (χ0n) is 9.55. The van der Waals surface area contributed by atoms with Gasteiger partial charge < -0.3 is 4.90 Å². The van der Waals surface area contributed by atoms with E-state index in [1.807, 2.05) is 0 Å². The largest absolute Gasteiger partial charge is 0.336 e. The van der Waals surface area contributed by atoms with Gasteiger partial charge in [0.25, 0.3) is 5.91 Å². The van der Waals surface area contributed by atoms with Crippen LogP contribution in [-0.4, -0.2) is 35.7 Å². The van der Waals surface area contributed by atoms with Crippen molar-refractivity contribution in [1.29, 1.82) is 0 Å². The molecule has 0 aliphatic rings. The van der Waals surface area contributed by atoms with Gasteiger partial charge in [-0.1, -0.05) is 12.1 Å². The third-order valence-electron chi connectivity index (χ3n) is 2.42. The highest BCUT2D eigenvalue weighted by Gasteiger charge is 2.19. The number of hydrogen-bond acceptors (Lipinski definition) is 1. The van der Waals surface area contributed by atoms with Crippen molar-refractivity contribution in [2.45, 2.75) is 6.92 Å². The van der Waals surface area contributed by atoms with E-state index in [0.717, 1.165) is 0 Å². The monoisotopic (exact) mass is 277 g/mol. The van der Waals surface area contributed by atoms with Crippen LogP contribution in [0.15, 0.2) is 18.2 Å². The van der Waals surface area contributed by atoms with E-state index in [-0.39, 0.29) is 11.5 Å². The molecule has 0 spiro atoms. The van der Waals surface area contributed by atoms with Crippen LogP contribution in [0.4, 0.5) is 4.39 Å². The van der Waals surface area contributed by atoms with E-state index in [0.29, 0.717) is 30.4 Å². The topological polar surface area (TPSA) is 20.3 Å². The van der Waals surface area contributed by atoms with E-state index in [1.165, 1.54) is 11.0 Å². The lowest BCUT2D eigenvalue weighted by Gasteiger charge is -2.21. The molecule has 94 valence electrons. The molecule has 1 amide bonds. The van der Waals surface area contributed by atoms with Crippen molar-refractivity contribution in [3.8, 4) is 0 Å². The molecule has 0 fully saturated rings. The molecule has 2 nitrogen and oxygen atoms in total. The molecular formula is C12H14Cl2FNO. The predicted molar refractivity (Wildman–Crippen MR) is 68.5 cm³/mol. The fraction of sp³-hybridized carbons (Fsp3) is 0.417. The molecule has 17 heavy (non-hydrogen) atoms. The Bertz CT molecular complexity index is 392. The summed E-state index contributed by atoms with van der Waals surface area (Å²) in [6.45, 7) is 2.35. The Kier molecular flexibility index (Phi) is 5.72. The summed E-state index contributed by atoms with van der Waals surface area (Å²) in [6, 6.07) is 4.75. The predicted octanol–water partition coefficient (Wildman–Crippen LogP) is 3.05. The van der Waals surface area contributed by atoms with Crippen molar-refractivity contribution < 1.29 is 9.18 Å². The second kappa shape index (κ2) is 6.82. The Morgan fingerprint density at radius 1 is 1.29 bits per heavy atom. The van der Waals surface area contributed by atoms with E-state index in [9.17, 15) is 9.18 Å². The molecule has 0 N–H and O–H groups in total. The number of amides is 1. The number of nitrogens with zero attached hydrogens (tertiary/aromatic N) is 1. The van der Waals surface area contributed by atoms with Crippen molar-refractivity contribution in [3.05, 3.63) is 35.1 Å². The van der Waals surface area contributed by atoms with Crippen LogP contribution in [0, 0.1) is 12.7 Å². The van der Waals surface area contributed by atoms with Crippen molar-refractivity contribution in [2.24, 2.45) is 0 Å². The van der Waals surface area contributed by atoms with E-state index in [1.54, 1.807) is 19.1 Å². The van der Waals surface area contributed by atoms with Gasteiger partial charge in [0.1, 0.15) is 5.82 Å². The highest BCUT2D eigenvalue weighted by molar-refractivity contribution is 6.18. The van der Waals surface area contributed by atoms with Crippen LogP contribution in [0.5, 0.6) is 0 Å². The SMILES string of the molecule is Cc1cccc(C(=O)N(CCCl)CCCl)c1F. The molecule has 1 rings (SSSR count). The molecule has 0 heterocycles. The quantitative estimate of drug-likeness (QED) is 0.758. The van der Waals surface area contributed by atoms with Crippen LogP contribution in [0.1, 0.15) is 15.9 Å². The molecule has 0 aliphatic heterocycles. The molecule has 0 aliphatic carbocycles. The Labute approximate surface area is 110 Å². The van der Waals surface area contributed by atoms with E-state index < -0.39 is 5.82 Å². The number of carbonyl (C=O) groups excluding carboxylic acids is 1. The number of carbonyl (C=O) groups is 1. The van der Waals surface area contributed by atoms with Crippen LogP contribution in [0.25, 0.3) is 0 Å². The summed E-state index contributed by atoms with van der Waals surface area (Å²) < 4.78 is 13.8. The highest BCUT2D eigenvalue weighted by atomic mass is 35.5. The van der Waals surface area contributed by atoms with Crippen LogP contribution >= 0.6 is 23.2 Å². The summed E-state index contributed by atoms with van der Waals surface area (Å²) in [5, 5.41) is 0. The summed E-state index contributed by atoms with van der Waals surface area (Å²) in [5.74, 6) is -0.245. The summed E-state index contributed by atoms with van der Waals surface area (Å²) in [6.07, 6.45) is 0. The Morgan fingerprint density at radius 3 is 2.41 bits per heavy atom. The standard InChI is InChI=1S/C12H14Cl2FNO/c1-9-3-2-4-10(11(9)15)12(17)16(7-5-13)8-6-14/h2-4H,5-8H2,1H3. The zero-order valence-corrected chi connectivity index (χ0v) is 11.1. The first-order valence-corrected chi connectivity index (χ1v) is 6.35. The molecule has 0 atom stereocenters. The first-order valence-electron chi connectivity index (χ1n) is 5.28. The Balaban J connectivity index is 2.96. The molecule has 0 bridgehead atoms. The fourth-order valence-electron chi connectivity index (χ4n) is 1.50. The van der Waals surface area contributed by atoms with Gasteiger partial charge in [-0.15, -0.1) is 23.2 Å². The minimum atomic E-state index is -0.480.